The van der Waals surface area contributed by atoms with Crippen LogP contribution >= 0.6 is 0 Å². The summed E-state index contributed by atoms with van der Waals surface area (Å²) in [4.78, 5) is 16.0. The number of sulfone groups is 1. The van der Waals surface area contributed by atoms with Crippen molar-refractivity contribution in [3.05, 3.63) is 35.9 Å². The molecule has 0 radical (unpaired) electrons. The number of nitrogens with zero attached hydrogens (tertiary/aromatic N) is 2. The maximum atomic E-state index is 12.5. The van der Waals surface area contributed by atoms with E-state index in [1.165, 1.54) is 10.5 Å². The van der Waals surface area contributed by atoms with Crippen LogP contribution in [-0.2, 0) is 14.6 Å². The highest BCUT2D eigenvalue weighted by Gasteiger charge is 2.40. The van der Waals surface area contributed by atoms with Gasteiger partial charge < -0.3 is 10.0 Å². The van der Waals surface area contributed by atoms with E-state index >= 15 is 0 Å². The van der Waals surface area contributed by atoms with Crippen molar-refractivity contribution in [2.45, 2.75) is 30.9 Å². The smallest absolute Gasteiger partial charge is 0.236 e. The Morgan fingerprint density at radius 3 is 2.40 bits per heavy atom. The van der Waals surface area contributed by atoms with Crippen LogP contribution in [0.5, 0.6) is 0 Å². The molecular formula is C18H26N2O4S. The maximum Gasteiger partial charge on any atom is 0.236 e. The maximum absolute atomic E-state index is 12.5. The van der Waals surface area contributed by atoms with Crippen LogP contribution in [0.25, 0.3) is 0 Å². The Kier molecular flexibility index (Phi) is 5.46. The van der Waals surface area contributed by atoms with E-state index in [1.54, 1.807) is 7.05 Å². The highest BCUT2D eigenvalue weighted by molar-refractivity contribution is 7.91. The summed E-state index contributed by atoms with van der Waals surface area (Å²) >= 11 is 0. The quantitative estimate of drug-likeness (QED) is 0.839. The van der Waals surface area contributed by atoms with E-state index in [0.29, 0.717) is 5.92 Å². The lowest BCUT2D eigenvalue weighted by Crippen LogP contribution is -2.49. The lowest BCUT2D eigenvalue weighted by molar-refractivity contribution is -0.134. The zero-order valence-corrected chi connectivity index (χ0v) is 15.4. The number of benzene rings is 1. The van der Waals surface area contributed by atoms with Crippen LogP contribution in [0.3, 0.4) is 0 Å². The fraction of sp³-hybridized carbons (Fsp3) is 0.611. The van der Waals surface area contributed by atoms with Gasteiger partial charge in [-0.05, 0) is 37.4 Å². The van der Waals surface area contributed by atoms with Gasteiger partial charge in [0.25, 0.3) is 0 Å². The minimum absolute atomic E-state index is 0.126. The number of amides is 1. The minimum Gasteiger partial charge on any atom is -0.390 e. The molecule has 2 fully saturated rings. The molecule has 2 saturated heterocycles. The van der Waals surface area contributed by atoms with Crippen molar-refractivity contribution < 1.29 is 18.3 Å². The zero-order chi connectivity index (χ0) is 18.0. The standard InChI is InChI=1S/C18H26N2O4S/c1-19(16-12-25(23,24)13-17(16)21)18(22)11-20-9-7-15(8-10-20)14-5-3-2-4-6-14/h2-6,15-17,21H,7-13H2,1H3. The van der Waals surface area contributed by atoms with Gasteiger partial charge in [-0.15, -0.1) is 0 Å². The van der Waals surface area contributed by atoms with Crippen LogP contribution in [-0.4, -0.2) is 79.6 Å². The lowest BCUT2D eigenvalue weighted by Gasteiger charge is -2.34. The first-order chi connectivity index (χ1) is 11.9. The van der Waals surface area contributed by atoms with Crippen molar-refractivity contribution in [3.63, 3.8) is 0 Å². The molecule has 2 atom stereocenters. The average Bonchev–Trinajstić information content (AvgIpc) is 2.88. The molecule has 2 aliphatic heterocycles. The fourth-order valence-electron chi connectivity index (χ4n) is 3.82. The highest BCUT2D eigenvalue weighted by Crippen LogP contribution is 2.27. The van der Waals surface area contributed by atoms with Crippen LogP contribution in [0.2, 0.25) is 0 Å². The monoisotopic (exact) mass is 366 g/mol. The van der Waals surface area contributed by atoms with Crippen LogP contribution in [0.1, 0.15) is 24.3 Å². The van der Waals surface area contributed by atoms with Crippen molar-refractivity contribution in [3.8, 4) is 0 Å². The number of hydrogen-bond acceptors (Lipinski definition) is 5. The second-order valence-electron chi connectivity index (χ2n) is 7.18. The van der Waals surface area contributed by atoms with E-state index in [0.717, 1.165) is 25.9 Å². The normalized spacial score (nSPS) is 27.3. The first kappa shape index (κ1) is 18.4. The van der Waals surface area contributed by atoms with Gasteiger partial charge in [-0.2, -0.15) is 0 Å². The van der Waals surface area contributed by atoms with Gasteiger partial charge in [0.1, 0.15) is 0 Å². The Hall–Kier alpha value is -1.44. The fourth-order valence-corrected chi connectivity index (χ4v) is 5.66. The third-order valence-corrected chi connectivity index (χ3v) is 7.10. The number of carbonyl (C=O) groups is 1. The molecule has 0 spiro atoms. The Morgan fingerprint density at radius 1 is 1.20 bits per heavy atom. The van der Waals surface area contributed by atoms with Gasteiger partial charge in [0.2, 0.25) is 5.91 Å². The molecule has 0 aliphatic carbocycles. The first-order valence-electron chi connectivity index (χ1n) is 8.77. The summed E-state index contributed by atoms with van der Waals surface area (Å²) in [7, 11) is -1.66. The average molecular weight is 366 g/mol. The number of likely N-dealkylation sites (N-methyl/N-ethyl adjacent to an activating group) is 1. The summed E-state index contributed by atoms with van der Waals surface area (Å²) in [5.41, 5.74) is 1.35. The molecule has 2 unspecified atom stereocenters. The minimum atomic E-state index is -3.25. The first-order valence-corrected chi connectivity index (χ1v) is 10.6. The Bertz CT molecular complexity index is 699. The van der Waals surface area contributed by atoms with Gasteiger partial charge in [0.05, 0.1) is 30.2 Å². The van der Waals surface area contributed by atoms with Gasteiger partial charge in [-0.3, -0.25) is 9.69 Å². The highest BCUT2D eigenvalue weighted by atomic mass is 32.2. The summed E-state index contributed by atoms with van der Waals surface area (Å²) in [5, 5.41) is 9.92. The van der Waals surface area contributed by atoms with Gasteiger partial charge in [0, 0.05) is 7.05 Å². The molecule has 1 aromatic carbocycles. The molecule has 2 heterocycles. The van der Waals surface area contributed by atoms with Crippen LogP contribution in [0.15, 0.2) is 30.3 Å². The predicted molar refractivity (Wildman–Crippen MR) is 96.1 cm³/mol. The predicted octanol–water partition coefficient (Wildman–Crippen LogP) is 0.482. The van der Waals surface area contributed by atoms with E-state index in [4.69, 9.17) is 0 Å². The van der Waals surface area contributed by atoms with Gasteiger partial charge in [-0.25, -0.2) is 8.42 Å². The van der Waals surface area contributed by atoms with Gasteiger partial charge in [-0.1, -0.05) is 30.3 Å². The molecule has 1 N–H and O–H groups in total. The van der Waals surface area contributed by atoms with Crippen molar-refractivity contribution in [2.75, 3.05) is 38.2 Å². The SMILES string of the molecule is CN(C(=O)CN1CCC(c2ccccc2)CC1)C1CS(=O)(=O)CC1O. The Balaban J connectivity index is 1.51. The number of aliphatic hydroxyl groups excluding tert-OH is 1. The van der Waals surface area contributed by atoms with Crippen LogP contribution in [0, 0.1) is 0 Å². The van der Waals surface area contributed by atoms with Crippen LogP contribution < -0.4 is 0 Å². The molecule has 1 aromatic rings. The van der Waals surface area contributed by atoms with Crippen molar-refractivity contribution in [2.24, 2.45) is 0 Å². The summed E-state index contributed by atoms with van der Waals surface area (Å²) in [6.45, 7) is 1.98. The summed E-state index contributed by atoms with van der Waals surface area (Å²) < 4.78 is 23.3. The van der Waals surface area contributed by atoms with Gasteiger partial charge >= 0.3 is 0 Å². The van der Waals surface area contributed by atoms with Crippen molar-refractivity contribution in [1.29, 1.82) is 0 Å². The molecule has 3 rings (SSSR count). The van der Waals surface area contributed by atoms with E-state index in [-0.39, 0.29) is 24.0 Å². The Morgan fingerprint density at radius 2 is 1.84 bits per heavy atom. The van der Waals surface area contributed by atoms with E-state index in [2.05, 4.69) is 29.2 Å². The number of rotatable bonds is 4. The van der Waals surface area contributed by atoms with Crippen molar-refractivity contribution in [1.82, 2.24) is 9.80 Å². The van der Waals surface area contributed by atoms with E-state index in [9.17, 15) is 18.3 Å². The number of hydrogen-bond donors (Lipinski definition) is 1. The number of piperidine rings is 1. The molecule has 6 nitrogen and oxygen atoms in total. The number of carbonyl (C=O) groups excluding carboxylic acids is 1. The molecule has 7 heteroatoms. The van der Waals surface area contributed by atoms with E-state index in [1.807, 2.05) is 6.07 Å². The third kappa shape index (κ3) is 4.40. The second-order valence-corrected chi connectivity index (χ2v) is 9.33. The molecule has 138 valence electrons. The molecule has 0 saturated carbocycles. The summed E-state index contributed by atoms with van der Waals surface area (Å²) in [6, 6.07) is 9.81. The third-order valence-electron chi connectivity index (χ3n) is 5.40. The number of likely N-dealkylation sites (tertiary alicyclic amines) is 1. The summed E-state index contributed by atoms with van der Waals surface area (Å²) in [5.74, 6) is 0.0101. The molecule has 1 amide bonds. The molecule has 0 aromatic heterocycles. The van der Waals surface area contributed by atoms with Gasteiger partial charge in [0.15, 0.2) is 9.84 Å². The largest absolute Gasteiger partial charge is 0.390 e. The summed E-state index contributed by atoms with van der Waals surface area (Å²) in [6.07, 6.45) is 1.05. The molecule has 2 aliphatic rings. The lowest BCUT2D eigenvalue weighted by atomic mass is 9.89. The van der Waals surface area contributed by atoms with Crippen LogP contribution in [0.4, 0.5) is 0 Å². The Labute approximate surface area is 149 Å². The number of aliphatic hydroxyl groups is 1. The molecule has 0 bridgehead atoms. The van der Waals surface area contributed by atoms with E-state index < -0.39 is 22.0 Å². The second kappa shape index (κ2) is 7.43. The van der Waals surface area contributed by atoms with Crippen molar-refractivity contribution >= 4 is 15.7 Å². The molecule has 25 heavy (non-hydrogen) atoms. The zero-order valence-electron chi connectivity index (χ0n) is 14.5. The molecular weight excluding hydrogens is 340 g/mol. The topological polar surface area (TPSA) is 77.9 Å².